The summed E-state index contributed by atoms with van der Waals surface area (Å²) in [5.74, 6) is 0.617. The van der Waals surface area contributed by atoms with E-state index in [4.69, 9.17) is 0 Å². The second-order valence-corrected chi connectivity index (χ2v) is 8.79. The van der Waals surface area contributed by atoms with Crippen LogP contribution in [0.1, 0.15) is 30.4 Å². The highest BCUT2D eigenvalue weighted by molar-refractivity contribution is 9.10. The van der Waals surface area contributed by atoms with Crippen molar-refractivity contribution in [2.45, 2.75) is 25.7 Å². The number of hydrogen-bond donors (Lipinski definition) is 0. The van der Waals surface area contributed by atoms with Gasteiger partial charge in [-0.2, -0.15) is 5.26 Å². The van der Waals surface area contributed by atoms with Crippen molar-refractivity contribution in [3.8, 4) is 6.07 Å². The second kappa shape index (κ2) is 8.02. The molecule has 0 bridgehead atoms. The van der Waals surface area contributed by atoms with Gasteiger partial charge in [0.2, 0.25) is 5.91 Å². The van der Waals surface area contributed by atoms with E-state index in [0.29, 0.717) is 18.7 Å². The second-order valence-electron chi connectivity index (χ2n) is 6.94. The van der Waals surface area contributed by atoms with Gasteiger partial charge in [0.25, 0.3) is 0 Å². The fourth-order valence-corrected chi connectivity index (χ4v) is 5.26. The van der Waals surface area contributed by atoms with Gasteiger partial charge in [0.1, 0.15) is 0 Å². The molecule has 0 unspecified atom stereocenters. The Morgan fingerprint density at radius 2 is 2.04 bits per heavy atom. The molecule has 1 fully saturated rings. The lowest BCUT2D eigenvalue weighted by Crippen LogP contribution is -2.47. The molecular weight excluding hydrogens is 434 g/mol. The first-order valence-electron chi connectivity index (χ1n) is 9.27. The number of carbonyl (C=O) groups excluding carboxylic acids is 1. The summed E-state index contributed by atoms with van der Waals surface area (Å²) in [5.41, 5.74) is 4.10. The number of rotatable bonds is 3. The number of fused-ring (bicyclic) bond motifs is 1. The molecule has 4 rings (SSSR count). The number of nitriles is 1. The van der Waals surface area contributed by atoms with E-state index in [2.05, 4.69) is 58.1 Å². The first-order valence-corrected chi connectivity index (χ1v) is 11.1. The van der Waals surface area contributed by atoms with Crippen molar-refractivity contribution in [3.63, 3.8) is 0 Å². The molecule has 1 atom stereocenters. The van der Waals surface area contributed by atoms with E-state index in [1.807, 2.05) is 24.3 Å². The summed E-state index contributed by atoms with van der Waals surface area (Å²) >= 11 is 5.07. The highest BCUT2D eigenvalue weighted by atomic mass is 79.9. The van der Waals surface area contributed by atoms with Crippen LogP contribution in [0.25, 0.3) is 0 Å². The monoisotopic (exact) mass is 453 g/mol. The molecule has 2 heterocycles. The first kappa shape index (κ1) is 19.1. The topological polar surface area (TPSA) is 47.3 Å². The minimum atomic E-state index is -0.177. The van der Waals surface area contributed by atoms with Crippen molar-refractivity contribution in [1.29, 1.82) is 5.26 Å². The molecule has 142 valence electrons. The number of anilines is 1. The Morgan fingerprint density at radius 1 is 1.25 bits per heavy atom. The van der Waals surface area contributed by atoms with E-state index >= 15 is 0 Å². The Hall–Kier alpha value is -2.23. The predicted molar refractivity (Wildman–Crippen MR) is 117 cm³/mol. The minimum absolute atomic E-state index is 0.0707. The van der Waals surface area contributed by atoms with E-state index in [-0.39, 0.29) is 11.8 Å². The van der Waals surface area contributed by atoms with Gasteiger partial charge < -0.3 is 4.90 Å². The Morgan fingerprint density at radius 3 is 2.71 bits per heavy atom. The van der Waals surface area contributed by atoms with Crippen LogP contribution in [0.4, 0.5) is 5.69 Å². The van der Waals surface area contributed by atoms with Crippen LogP contribution in [0, 0.1) is 11.3 Å². The molecule has 0 spiro atoms. The summed E-state index contributed by atoms with van der Waals surface area (Å²) in [6.07, 6.45) is 1.33. The zero-order chi connectivity index (χ0) is 19.7. The normalized spacial score (nSPS) is 19.5. The van der Waals surface area contributed by atoms with Crippen molar-refractivity contribution in [2.24, 2.45) is 0 Å². The molecule has 0 N–H and O–H groups in total. The maximum atomic E-state index is 13.0. The molecule has 1 amide bonds. The number of thioether (sulfide) groups is 1. The van der Waals surface area contributed by atoms with E-state index in [1.165, 1.54) is 5.56 Å². The Labute approximate surface area is 178 Å². The van der Waals surface area contributed by atoms with E-state index in [0.717, 1.165) is 33.1 Å². The van der Waals surface area contributed by atoms with Crippen molar-refractivity contribution >= 4 is 39.3 Å². The Bertz CT molecular complexity index is 980. The molecule has 28 heavy (non-hydrogen) atoms. The molecule has 2 aromatic carbocycles. The Balaban J connectivity index is 1.64. The van der Waals surface area contributed by atoms with Crippen LogP contribution in [0.2, 0.25) is 0 Å². The summed E-state index contributed by atoms with van der Waals surface area (Å²) < 4.78 is 0.958. The maximum Gasteiger partial charge on any atom is 0.229 e. The fourth-order valence-electron chi connectivity index (χ4n) is 3.68. The quantitative estimate of drug-likeness (QED) is 0.637. The molecule has 0 radical (unpaired) electrons. The highest BCUT2D eigenvalue weighted by Gasteiger charge is 2.38. The Kier molecular flexibility index (Phi) is 5.47. The van der Waals surface area contributed by atoms with Crippen molar-refractivity contribution in [3.05, 3.63) is 74.7 Å². The van der Waals surface area contributed by atoms with E-state index in [9.17, 15) is 10.1 Å². The molecule has 2 aliphatic heterocycles. The number of benzene rings is 2. The standard InChI is InChI=1S/C22H20BrN3OS/c1-2-15-6-8-18(9-7-15)25-13-26-21(27)11-19(16-4-3-5-17(23)10-16)20(12-24)22(26)28-14-25/h3-10,19H,2,11,13-14H2,1H3/t19-/m1/s1. The number of allylic oxidation sites excluding steroid dienone is 1. The summed E-state index contributed by atoms with van der Waals surface area (Å²) in [6, 6.07) is 18.8. The fraction of sp³-hybridized carbons (Fsp3) is 0.273. The zero-order valence-corrected chi connectivity index (χ0v) is 18.0. The molecule has 0 saturated carbocycles. The van der Waals surface area contributed by atoms with Gasteiger partial charge in [-0.3, -0.25) is 9.69 Å². The molecule has 0 aliphatic carbocycles. The van der Waals surface area contributed by atoms with Gasteiger partial charge in [-0.25, -0.2) is 0 Å². The number of amides is 1. The van der Waals surface area contributed by atoms with Crippen molar-refractivity contribution < 1.29 is 4.79 Å². The summed E-state index contributed by atoms with van der Waals surface area (Å²) in [6.45, 7) is 2.63. The first-order chi connectivity index (χ1) is 13.6. The third-order valence-electron chi connectivity index (χ3n) is 5.25. The van der Waals surface area contributed by atoms with Crippen LogP contribution < -0.4 is 4.90 Å². The minimum Gasteiger partial charge on any atom is -0.344 e. The molecule has 0 aromatic heterocycles. The van der Waals surface area contributed by atoms with Crippen LogP contribution in [0.5, 0.6) is 0 Å². The average molecular weight is 454 g/mol. The third-order valence-corrected chi connectivity index (χ3v) is 6.90. The van der Waals surface area contributed by atoms with E-state index < -0.39 is 0 Å². The average Bonchev–Trinajstić information content (AvgIpc) is 2.73. The lowest BCUT2D eigenvalue weighted by atomic mass is 9.86. The van der Waals surface area contributed by atoms with Crippen molar-refractivity contribution in [2.75, 3.05) is 17.4 Å². The van der Waals surface area contributed by atoms with Crippen LogP contribution in [0.15, 0.2) is 63.6 Å². The van der Waals surface area contributed by atoms with Crippen molar-refractivity contribution in [1.82, 2.24) is 4.90 Å². The van der Waals surface area contributed by atoms with Crippen LogP contribution in [-0.4, -0.2) is 23.4 Å². The molecular formula is C22H20BrN3OS. The van der Waals surface area contributed by atoms with Gasteiger partial charge >= 0.3 is 0 Å². The maximum absolute atomic E-state index is 13.0. The van der Waals surface area contributed by atoms with Crippen LogP contribution in [0.3, 0.4) is 0 Å². The van der Waals surface area contributed by atoms with Gasteiger partial charge in [0.05, 0.1) is 29.2 Å². The van der Waals surface area contributed by atoms with E-state index in [1.54, 1.807) is 16.7 Å². The molecule has 1 saturated heterocycles. The van der Waals surface area contributed by atoms with Gasteiger partial charge in [-0.1, -0.05) is 58.9 Å². The number of hydrogen-bond acceptors (Lipinski definition) is 4. The van der Waals surface area contributed by atoms with Gasteiger partial charge in [-0.05, 0) is 41.8 Å². The molecule has 2 aromatic rings. The SMILES string of the molecule is CCc1ccc(N2CSC3=C(C#N)[C@@H](c4cccc(Br)c4)CC(=O)N3C2)cc1. The molecule has 4 nitrogen and oxygen atoms in total. The molecule has 2 aliphatic rings. The summed E-state index contributed by atoms with van der Waals surface area (Å²) in [5, 5.41) is 10.7. The largest absolute Gasteiger partial charge is 0.344 e. The number of halogens is 1. The van der Waals surface area contributed by atoms with Crippen LogP contribution >= 0.6 is 27.7 Å². The number of carbonyl (C=O) groups is 1. The zero-order valence-electron chi connectivity index (χ0n) is 15.6. The number of aryl methyl sites for hydroxylation is 1. The lowest BCUT2D eigenvalue weighted by molar-refractivity contribution is -0.129. The smallest absolute Gasteiger partial charge is 0.229 e. The predicted octanol–water partition coefficient (Wildman–Crippen LogP) is 5.23. The molecule has 6 heteroatoms. The summed E-state index contributed by atoms with van der Waals surface area (Å²) in [4.78, 5) is 16.9. The number of nitrogens with zero attached hydrogens (tertiary/aromatic N) is 3. The third kappa shape index (κ3) is 3.57. The van der Waals surface area contributed by atoms with Crippen LogP contribution in [-0.2, 0) is 11.2 Å². The summed E-state index contributed by atoms with van der Waals surface area (Å²) in [7, 11) is 0. The van der Waals surface area contributed by atoms with Gasteiger partial charge in [0, 0.05) is 22.5 Å². The van der Waals surface area contributed by atoms with Gasteiger partial charge in [-0.15, -0.1) is 0 Å². The lowest BCUT2D eigenvalue weighted by Gasteiger charge is -2.42. The van der Waals surface area contributed by atoms with Gasteiger partial charge in [0.15, 0.2) is 0 Å². The highest BCUT2D eigenvalue weighted by Crippen LogP contribution is 2.43.